The number of para-hydroxylation sites is 2. The molecule has 2 aromatic carbocycles. The Morgan fingerprint density at radius 1 is 0.921 bits per heavy atom. The van der Waals surface area contributed by atoms with E-state index in [2.05, 4.69) is 30.3 Å². The standard InChI is InChI=1S/C32H45FN2O2S/c1-3-4-5-6-7-8-9-10-11-12-13-16-22-37-31-28(19-17-20-29(31)33)32(36)34-30-21-15-14-18-27(30)24-35-23-26(2)38-25-35/h14-15,17-21,23H,3-13,16,22,24-25H2,1-2H3,(H,34,36). The average molecular weight is 541 g/mol. The molecule has 0 bridgehead atoms. The predicted molar refractivity (Wildman–Crippen MR) is 159 cm³/mol. The van der Waals surface area contributed by atoms with Gasteiger partial charge < -0.3 is 15.0 Å². The summed E-state index contributed by atoms with van der Waals surface area (Å²) in [5, 5.41) is 2.99. The van der Waals surface area contributed by atoms with E-state index in [0.717, 1.165) is 30.0 Å². The maximum absolute atomic E-state index is 14.7. The summed E-state index contributed by atoms with van der Waals surface area (Å²) in [5.74, 6) is 0.0820. The van der Waals surface area contributed by atoms with Crippen LogP contribution in [0.4, 0.5) is 10.1 Å². The molecule has 1 aliphatic heterocycles. The van der Waals surface area contributed by atoms with Crippen LogP contribution in [0.15, 0.2) is 53.6 Å². The number of anilines is 1. The molecule has 0 unspecified atom stereocenters. The van der Waals surface area contributed by atoms with Gasteiger partial charge in [-0.05, 0) is 42.0 Å². The number of carbonyl (C=O) groups is 1. The maximum atomic E-state index is 14.7. The fourth-order valence-corrected chi connectivity index (χ4v) is 5.51. The highest BCUT2D eigenvalue weighted by Crippen LogP contribution is 2.29. The molecule has 0 spiro atoms. The number of amides is 1. The third kappa shape index (κ3) is 10.4. The molecule has 0 radical (unpaired) electrons. The van der Waals surface area contributed by atoms with Gasteiger partial charge in [0.05, 0.1) is 18.0 Å². The Bertz CT molecular complexity index is 1030. The van der Waals surface area contributed by atoms with E-state index >= 15 is 0 Å². The van der Waals surface area contributed by atoms with Crippen LogP contribution in [-0.2, 0) is 6.54 Å². The van der Waals surface area contributed by atoms with E-state index < -0.39 is 5.82 Å². The summed E-state index contributed by atoms with van der Waals surface area (Å²) in [7, 11) is 0. The maximum Gasteiger partial charge on any atom is 0.259 e. The summed E-state index contributed by atoms with van der Waals surface area (Å²) < 4.78 is 20.5. The van der Waals surface area contributed by atoms with Gasteiger partial charge in [0.15, 0.2) is 11.6 Å². The number of rotatable bonds is 18. The smallest absolute Gasteiger partial charge is 0.259 e. The SMILES string of the molecule is CCCCCCCCCCCCCCOc1c(F)cccc1C(=O)Nc1ccccc1CN1C=C(C)SC1. The van der Waals surface area contributed by atoms with Gasteiger partial charge in [0.2, 0.25) is 0 Å². The summed E-state index contributed by atoms with van der Waals surface area (Å²) in [6.07, 6.45) is 17.2. The highest BCUT2D eigenvalue weighted by Gasteiger charge is 2.19. The predicted octanol–water partition coefficient (Wildman–Crippen LogP) is 9.53. The number of carbonyl (C=O) groups excluding carboxylic acids is 1. The van der Waals surface area contributed by atoms with E-state index in [-0.39, 0.29) is 17.2 Å². The third-order valence-corrected chi connectivity index (χ3v) is 7.94. The summed E-state index contributed by atoms with van der Waals surface area (Å²) in [6, 6.07) is 12.3. The molecule has 1 heterocycles. The number of hydrogen-bond acceptors (Lipinski definition) is 4. The zero-order valence-corrected chi connectivity index (χ0v) is 24.1. The van der Waals surface area contributed by atoms with Crippen molar-refractivity contribution < 1.29 is 13.9 Å². The molecule has 0 aliphatic carbocycles. The van der Waals surface area contributed by atoms with E-state index in [1.165, 1.54) is 75.2 Å². The van der Waals surface area contributed by atoms with E-state index in [0.29, 0.717) is 13.2 Å². The first kappa shape index (κ1) is 30.1. The summed E-state index contributed by atoms with van der Waals surface area (Å²) in [6.45, 7) is 5.47. The molecule has 2 aromatic rings. The van der Waals surface area contributed by atoms with Gasteiger partial charge in [-0.15, -0.1) is 11.8 Å². The molecule has 208 valence electrons. The first-order valence-electron chi connectivity index (χ1n) is 14.4. The molecule has 0 atom stereocenters. The van der Waals surface area contributed by atoms with Crippen LogP contribution in [0.3, 0.4) is 0 Å². The zero-order chi connectivity index (χ0) is 27.0. The Kier molecular flexibility index (Phi) is 13.6. The molecular weight excluding hydrogens is 495 g/mol. The number of thioether (sulfide) groups is 1. The monoisotopic (exact) mass is 540 g/mol. The van der Waals surface area contributed by atoms with Gasteiger partial charge in [-0.3, -0.25) is 4.79 Å². The topological polar surface area (TPSA) is 41.6 Å². The lowest BCUT2D eigenvalue weighted by Gasteiger charge is -2.18. The van der Waals surface area contributed by atoms with Crippen LogP contribution >= 0.6 is 11.8 Å². The van der Waals surface area contributed by atoms with Crippen molar-refractivity contribution in [3.63, 3.8) is 0 Å². The van der Waals surface area contributed by atoms with E-state index in [1.807, 2.05) is 24.3 Å². The molecule has 3 rings (SSSR count). The van der Waals surface area contributed by atoms with Crippen LogP contribution in [0, 0.1) is 5.82 Å². The van der Waals surface area contributed by atoms with Gasteiger partial charge in [-0.25, -0.2) is 4.39 Å². The number of unbranched alkanes of at least 4 members (excludes halogenated alkanes) is 11. The number of nitrogens with one attached hydrogen (secondary N) is 1. The fourth-order valence-electron chi connectivity index (χ4n) is 4.75. The molecule has 0 aromatic heterocycles. The molecule has 1 amide bonds. The van der Waals surface area contributed by atoms with Crippen LogP contribution in [0.2, 0.25) is 0 Å². The lowest BCUT2D eigenvalue weighted by molar-refractivity contribution is 0.102. The van der Waals surface area contributed by atoms with Crippen molar-refractivity contribution in [2.24, 2.45) is 0 Å². The molecule has 6 heteroatoms. The first-order valence-corrected chi connectivity index (χ1v) is 15.4. The lowest BCUT2D eigenvalue weighted by Crippen LogP contribution is -2.18. The molecule has 4 nitrogen and oxygen atoms in total. The van der Waals surface area contributed by atoms with Crippen LogP contribution < -0.4 is 10.1 Å². The normalized spacial score (nSPS) is 13.0. The Balaban J connectivity index is 1.42. The summed E-state index contributed by atoms with van der Waals surface area (Å²) in [5.41, 5.74) is 1.98. The fraction of sp³-hybridized carbons (Fsp3) is 0.531. The van der Waals surface area contributed by atoms with E-state index in [1.54, 1.807) is 23.9 Å². The molecule has 38 heavy (non-hydrogen) atoms. The molecule has 1 N–H and O–H groups in total. The molecular formula is C32H45FN2O2S. The second-order valence-corrected chi connectivity index (χ2v) is 11.4. The number of hydrogen-bond donors (Lipinski definition) is 1. The molecule has 0 fully saturated rings. The quantitative estimate of drug-likeness (QED) is 0.191. The number of halogens is 1. The van der Waals surface area contributed by atoms with E-state index in [4.69, 9.17) is 4.74 Å². The Morgan fingerprint density at radius 2 is 1.58 bits per heavy atom. The number of allylic oxidation sites excluding steroid dienone is 1. The van der Waals surface area contributed by atoms with Crippen molar-refractivity contribution in [3.8, 4) is 5.75 Å². The minimum absolute atomic E-state index is 0.0417. The van der Waals surface area contributed by atoms with Gasteiger partial charge in [0.25, 0.3) is 5.91 Å². The van der Waals surface area contributed by atoms with Crippen molar-refractivity contribution in [2.45, 2.75) is 97.4 Å². The van der Waals surface area contributed by atoms with Crippen LogP contribution in [0.5, 0.6) is 5.75 Å². The van der Waals surface area contributed by atoms with Gasteiger partial charge in [-0.2, -0.15) is 0 Å². The summed E-state index contributed by atoms with van der Waals surface area (Å²) in [4.78, 5) is 16.7. The van der Waals surface area contributed by atoms with Crippen LogP contribution in [0.25, 0.3) is 0 Å². The third-order valence-electron chi connectivity index (χ3n) is 6.92. The summed E-state index contributed by atoms with van der Waals surface area (Å²) >= 11 is 1.81. The highest BCUT2D eigenvalue weighted by atomic mass is 32.2. The largest absolute Gasteiger partial charge is 0.490 e. The minimum Gasteiger partial charge on any atom is -0.490 e. The number of ether oxygens (including phenoxy) is 1. The highest BCUT2D eigenvalue weighted by molar-refractivity contribution is 8.03. The Morgan fingerprint density at radius 3 is 2.24 bits per heavy atom. The van der Waals surface area contributed by atoms with E-state index in [9.17, 15) is 9.18 Å². The Hall–Kier alpha value is -2.47. The van der Waals surface area contributed by atoms with Crippen molar-refractivity contribution >= 4 is 23.4 Å². The molecule has 1 aliphatic rings. The lowest BCUT2D eigenvalue weighted by atomic mass is 10.1. The van der Waals surface area contributed by atoms with Crippen LogP contribution in [0.1, 0.15) is 107 Å². The molecule has 0 saturated heterocycles. The van der Waals surface area contributed by atoms with Crippen molar-refractivity contribution in [1.82, 2.24) is 4.90 Å². The van der Waals surface area contributed by atoms with Crippen molar-refractivity contribution in [3.05, 3.63) is 70.5 Å². The van der Waals surface area contributed by atoms with Crippen molar-refractivity contribution in [2.75, 3.05) is 17.8 Å². The molecule has 0 saturated carbocycles. The Labute approximate surface area is 233 Å². The first-order chi connectivity index (χ1) is 18.6. The number of benzene rings is 2. The van der Waals surface area contributed by atoms with Gasteiger partial charge in [0.1, 0.15) is 0 Å². The van der Waals surface area contributed by atoms with Gasteiger partial charge >= 0.3 is 0 Å². The second-order valence-electron chi connectivity index (χ2n) is 10.2. The minimum atomic E-state index is -0.500. The zero-order valence-electron chi connectivity index (χ0n) is 23.3. The van der Waals surface area contributed by atoms with Crippen LogP contribution in [-0.4, -0.2) is 23.3 Å². The van der Waals surface area contributed by atoms with Crippen molar-refractivity contribution in [1.29, 1.82) is 0 Å². The second kappa shape index (κ2) is 17.2. The van der Waals surface area contributed by atoms with Gasteiger partial charge in [-0.1, -0.05) is 102 Å². The van der Waals surface area contributed by atoms with Gasteiger partial charge in [0, 0.05) is 18.4 Å². The average Bonchev–Trinajstić information content (AvgIpc) is 3.33. The number of nitrogens with zero attached hydrogens (tertiary/aromatic N) is 1.